The van der Waals surface area contributed by atoms with Gasteiger partial charge in [-0.1, -0.05) is 38.2 Å². The van der Waals surface area contributed by atoms with Gasteiger partial charge in [0, 0.05) is 55.1 Å². The van der Waals surface area contributed by atoms with E-state index in [2.05, 4.69) is 26.3 Å². The fourth-order valence-electron chi connectivity index (χ4n) is 9.80. The summed E-state index contributed by atoms with van der Waals surface area (Å²) in [4.78, 5) is 65.7. The molecule has 65 heavy (non-hydrogen) atoms. The first kappa shape index (κ1) is 43.8. The van der Waals surface area contributed by atoms with Crippen molar-refractivity contribution in [2.45, 2.75) is 96.6 Å². The van der Waals surface area contributed by atoms with E-state index in [0.29, 0.717) is 48.5 Å². The monoisotopic (exact) mass is 905 g/mol. The van der Waals surface area contributed by atoms with Crippen LogP contribution in [0.15, 0.2) is 65.0 Å². The molecule has 0 bridgehead atoms. The molecule has 340 valence electrons. The number of amides is 4. The number of aromatic nitrogens is 3. The van der Waals surface area contributed by atoms with E-state index in [-0.39, 0.29) is 35.7 Å². The van der Waals surface area contributed by atoms with Gasteiger partial charge in [0.1, 0.15) is 28.5 Å². The molecule has 1 unspecified atom stereocenters. The maximum Gasteiger partial charge on any atom is 0.407 e. The Morgan fingerprint density at radius 1 is 0.800 bits per heavy atom. The maximum absolute atomic E-state index is 16.7. The van der Waals surface area contributed by atoms with Crippen LogP contribution in [0.3, 0.4) is 0 Å². The largest absolute Gasteiger partial charge is 0.464 e. The number of benzene rings is 2. The molecule has 0 radical (unpaired) electrons. The van der Waals surface area contributed by atoms with Gasteiger partial charge in [0.2, 0.25) is 18.0 Å². The van der Waals surface area contributed by atoms with E-state index in [4.69, 9.17) is 24.2 Å². The van der Waals surface area contributed by atoms with Gasteiger partial charge in [0.15, 0.2) is 0 Å². The topological polar surface area (TPSA) is 182 Å². The van der Waals surface area contributed by atoms with Crippen molar-refractivity contribution in [1.82, 2.24) is 34.6 Å². The lowest BCUT2D eigenvalue weighted by atomic mass is 9.95. The SMILES string of the molecule is COC(=O)N[C@H](C(=O)N1CCC[C@H]1C1=NC=C(c2cc(F)c3c(c2)OC(c2cnns2)n2c-3cc3cc(C4=CN=C([C@@H]5CCCN5C(=O)[C@@H](NC(=O)OC)C(C)C)C4)ccc32)C1)C(C)C. The molecule has 5 atom stereocenters. The molecule has 0 aliphatic carbocycles. The average Bonchev–Trinajstić information content (AvgIpc) is 4.15. The predicted molar refractivity (Wildman–Crippen MR) is 244 cm³/mol. The van der Waals surface area contributed by atoms with Crippen LogP contribution in [0.25, 0.3) is 33.3 Å². The summed E-state index contributed by atoms with van der Waals surface area (Å²) in [5, 5.41) is 10.4. The van der Waals surface area contributed by atoms with Crippen molar-refractivity contribution in [2.75, 3.05) is 27.3 Å². The molecule has 0 spiro atoms. The Balaban J connectivity index is 0.954. The third-order valence-electron chi connectivity index (χ3n) is 13.1. The Morgan fingerprint density at radius 2 is 1.38 bits per heavy atom. The molecule has 5 aliphatic rings. The maximum atomic E-state index is 16.7. The van der Waals surface area contributed by atoms with Gasteiger partial charge in [0.25, 0.3) is 0 Å². The number of allylic oxidation sites excluding steroid dienone is 2. The highest BCUT2D eigenvalue weighted by Crippen LogP contribution is 2.48. The van der Waals surface area contributed by atoms with Crippen molar-refractivity contribution in [3.8, 4) is 17.0 Å². The summed E-state index contributed by atoms with van der Waals surface area (Å²) >= 11 is 1.21. The van der Waals surface area contributed by atoms with Gasteiger partial charge < -0.3 is 34.6 Å². The minimum atomic E-state index is -0.746. The highest BCUT2D eigenvalue weighted by atomic mass is 32.1. The van der Waals surface area contributed by atoms with E-state index in [9.17, 15) is 19.2 Å². The van der Waals surface area contributed by atoms with Crippen LogP contribution < -0.4 is 15.4 Å². The molecule has 2 fully saturated rings. The first-order chi connectivity index (χ1) is 31.3. The molecule has 18 heteroatoms. The second kappa shape index (κ2) is 17.9. The molecule has 5 aliphatic heterocycles. The quantitative estimate of drug-likeness (QED) is 0.156. The number of ether oxygens (including phenoxy) is 3. The minimum absolute atomic E-state index is 0.133. The van der Waals surface area contributed by atoms with Crippen LogP contribution in [-0.4, -0.2) is 111 Å². The first-order valence-electron chi connectivity index (χ1n) is 22.1. The number of fused-ring (bicyclic) bond motifs is 5. The van der Waals surface area contributed by atoms with Crippen LogP contribution in [0.5, 0.6) is 5.75 Å². The third-order valence-corrected chi connectivity index (χ3v) is 13.8. The zero-order chi connectivity index (χ0) is 45.7. The van der Waals surface area contributed by atoms with E-state index >= 15 is 4.39 Å². The number of nitrogens with zero attached hydrogens (tertiary/aromatic N) is 7. The zero-order valence-electron chi connectivity index (χ0n) is 37.2. The Morgan fingerprint density at radius 3 is 1.92 bits per heavy atom. The molecule has 4 amide bonds. The first-order valence-corrected chi connectivity index (χ1v) is 22.9. The molecule has 4 aromatic rings. The molecular weight excluding hydrogens is 854 g/mol. The summed E-state index contributed by atoms with van der Waals surface area (Å²) in [6, 6.07) is 9.60. The lowest BCUT2D eigenvalue weighted by Gasteiger charge is -2.31. The van der Waals surface area contributed by atoms with Gasteiger partial charge in [0.05, 0.1) is 49.3 Å². The van der Waals surface area contributed by atoms with Crippen molar-refractivity contribution in [1.29, 1.82) is 0 Å². The standard InChI is InChI=1S/C47H52FN9O7S/c1-24(2)41(52-46(60)62-5)43(58)55-13-7-9-35(55)32-17-29(21-49-32)26-11-12-34-28(15-26)19-37-40-31(48)16-27(20-38(40)64-45(57(34)37)39-23-51-54-65-39)30-18-33(50-22-30)36-10-8-14-56(36)44(59)42(25(3)4)53-47(61)63-6/h11-12,15-16,19-25,35-36,41-42,45H,7-10,13-14,17-18H2,1-6H3,(H,52,60)(H,53,61)/t35-,36-,41-,42-,45?/m0/s1. The van der Waals surface area contributed by atoms with E-state index in [1.807, 2.05) is 67.6 Å². The molecule has 2 aromatic heterocycles. The number of carbonyl (C=O) groups excluding carboxylic acids is 4. The summed E-state index contributed by atoms with van der Waals surface area (Å²) in [5.41, 5.74) is 6.93. The molecule has 2 N–H and O–H groups in total. The molecule has 9 rings (SSSR count). The Kier molecular flexibility index (Phi) is 12.0. The van der Waals surface area contributed by atoms with Crippen LogP contribution in [0.4, 0.5) is 14.0 Å². The van der Waals surface area contributed by atoms with Crippen molar-refractivity contribution in [3.05, 3.63) is 76.8 Å². The number of aliphatic imine (C=N–C) groups is 2. The van der Waals surface area contributed by atoms with Crippen molar-refractivity contribution >= 4 is 69.0 Å². The summed E-state index contributed by atoms with van der Waals surface area (Å²) in [7, 11) is 2.56. The number of methoxy groups -OCH3 is 2. The fourth-order valence-corrected chi connectivity index (χ4v) is 10.3. The number of carbonyl (C=O) groups is 4. The summed E-state index contributed by atoms with van der Waals surface area (Å²) in [6.07, 6.45) is 7.44. The van der Waals surface area contributed by atoms with Crippen LogP contribution in [0, 0.1) is 17.7 Å². The Labute approximate surface area is 379 Å². The second-order valence-electron chi connectivity index (χ2n) is 17.8. The molecule has 0 saturated carbocycles. The zero-order valence-corrected chi connectivity index (χ0v) is 38.0. The van der Waals surface area contributed by atoms with E-state index in [1.165, 1.54) is 31.8 Å². The highest BCUT2D eigenvalue weighted by molar-refractivity contribution is 7.05. The van der Waals surface area contributed by atoms with Crippen molar-refractivity contribution in [3.63, 3.8) is 0 Å². The lowest BCUT2D eigenvalue weighted by molar-refractivity contribution is -0.134. The number of rotatable bonds is 11. The number of hydrogen-bond donors (Lipinski definition) is 2. The van der Waals surface area contributed by atoms with Crippen molar-refractivity contribution in [2.24, 2.45) is 21.8 Å². The van der Waals surface area contributed by atoms with Crippen molar-refractivity contribution < 1.29 is 37.8 Å². The van der Waals surface area contributed by atoms with Gasteiger partial charge in [-0.3, -0.25) is 24.1 Å². The minimum Gasteiger partial charge on any atom is -0.464 e. The predicted octanol–water partition coefficient (Wildman–Crippen LogP) is 7.35. The van der Waals surface area contributed by atoms with Gasteiger partial charge in [-0.05, 0) is 102 Å². The normalized spacial score (nSPS) is 21.0. The Bertz CT molecular complexity index is 2690. The van der Waals surface area contributed by atoms with Crippen LogP contribution in [0.1, 0.15) is 88.5 Å². The average molecular weight is 906 g/mol. The van der Waals surface area contributed by atoms with E-state index in [0.717, 1.165) is 69.6 Å². The van der Waals surface area contributed by atoms with Crippen LogP contribution in [0.2, 0.25) is 0 Å². The van der Waals surface area contributed by atoms with Gasteiger partial charge in [-0.15, -0.1) is 5.10 Å². The number of halogens is 1. The van der Waals surface area contributed by atoms with Gasteiger partial charge in [-0.25, -0.2) is 14.0 Å². The van der Waals surface area contributed by atoms with Gasteiger partial charge >= 0.3 is 12.2 Å². The molecule has 16 nitrogen and oxygen atoms in total. The third kappa shape index (κ3) is 8.16. The highest BCUT2D eigenvalue weighted by Gasteiger charge is 2.41. The fraction of sp³-hybridized carbons (Fsp3) is 0.447. The number of nitrogens with one attached hydrogen (secondary N) is 2. The number of likely N-dealkylation sites (tertiary alicyclic amines) is 2. The summed E-state index contributed by atoms with van der Waals surface area (Å²) < 4.78 is 39.1. The van der Waals surface area contributed by atoms with E-state index < -0.39 is 36.3 Å². The molecular formula is C47H52FN9O7S. The summed E-state index contributed by atoms with van der Waals surface area (Å²) in [6.45, 7) is 8.67. The number of hydrogen-bond acceptors (Lipinski definition) is 12. The molecule has 2 saturated heterocycles. The second-order valence-corrected chi connectivity index (χ2v) is 18.6. The van der Waals surface area contributed by atoms with Crippen LogP contribution >= 0.6 is 11.5 Å². The van der Waals surface area contributed by atoms with Crippen LogP contribution in [-0.2, 0) is 19.1 Å². The lowest BCUT2D eigenvalue weighted by Crippen LogP contribution is -2.53. The summed E-state index contributed by atoms with van der Waals surface area (Å²) in [5.74, 6) is -0.689. The molecule has 2 aromatic carbocycles. The van der Waals surface area contributed by atoms with E-state index in [1.54, 1.807) is 17.3 Å². The van der Waals surface area contributed by atoms with Gasteiger partial charge in [-0.2, -0.15) is 0 Å². The Hall–Kier alpha value is -6.43. The smallest absolute Gasteiger partial charge is 0.407 e. The number of alkyl carbamates (subject to hydrolysis) is 2. The molecule has 7 heterocycles.